The first-order valence-electron chi connectivity index (χ1n) is 11.1. The van der Waals surface area contributed by atoms with E-state index < -0.39 is 0 Å². The first-order valence-corrected chi connectivity index (χ1v) is 11.9. The van der Waals surface area contributed by atoms with Gasteiger partial charge in [0.25, 0.3) is 5.91 Å². The van der Waals surface area contributed by atoms with E-state index in [2.05, 4.69) is 49.5 Å². The smallest absolute Gasteiger partial charge is 0.316 e. The highest BCUT2D eigenvalue weighted by Gasteiger charge is 2.25. The lowest BCUT2D eigenvalue weighted by atomic mass is 10.0. The number of nitrogens with zero attached hydrogens (tertiary/aromatic N) is 5. The number of hydrogen-bond donors (Lipinski definition) is 2. The molecule has 174 valence electrons. The topological polar surface area (TPSA) is 105 Å². The van der Waals surface area contributed by atoms with Crippen LogP contribution < -0.4 is 20.3 Å². The third-order valence-electron chi connectivity index (χ3n) is 5.70. The number of nitrogens with one attached hydrogen (secondary N) is 2. The molecule has 34 heavy (non-hydrogen) atoms. The molecule has 5 rings (SSSR count). The molecule has 10 heteroatoms. The van der Waals surface area contributed by atoms with Gasteiger partial charge in [0.1, 0.15) is 5.01 Å². The molecule has 0 unspecified atom stereocenters. The molecule has 2 aromatic heterocycles. The van der Waals surface area contributed by atoms with Crippen LogP contribution in [0, 0.1) is 0 Å². The number of carbonyl (C=O) groups is 1. The quantitative estimate of drug-likeness (QED) is 0.451. The van der Waals surface area contributed by atoms with Crippen LogP contribution in [0.1, 0.15) is 24.2 Å². The second-order valence-electron chi connectivity index (χ2n) is 8.36. The van der Waals surface area contributed by atoms with E-state index in [4.69, 9.17) is 4.74 Å². The van der Waals surface area contributed by atoms with E-state index in [1.807, 2.05) is 36.4 Å². The van der Waals surface area contributed by atoms with Gasteiger partial charge in [0.15, 0.2) is 0 Å². The van der Waals surface area contributed by atoms with Crippen LogP contribution in [0.3, 0.4) is 0 Å². The predicted octanol–water partition coefficient (Wildman–Crippen LogP) is 3.60. The standard InChI is InChI=1S/C24H25N7O2S/c1-14-12-31(13-15(2)26-14)19-10-9-17(20-18(19)11-25-23(27-20)33-3)21(32)28-24-30-29-22(34-24)16-7-5-4-6-8-16/h4-11,14-15,26H,12-13H2,1-3H3,(H,28,30,32)/t14-,15+. The fourth-order valence-electron chi connectivity index (χ4n) is 4.31. The number of hydrogen-bond acceptors (Lipinski definition) is 9. The Bertz CT molecular complexity index is 1320. The highest BCUT2D eigenvalue weighted by atomic mass is 32.1. The van der Waals surface area contributed by atoms with Gasteiger partial charge in [0, 0.05) is 48.0 Å². The van der Waals surface area contributed by atoms with E-state index in [1.54, 1.807) is 12.3 Å². The SMILES string of the molecule is COc1ncc2c(N3C[C@@H](C)N[C@@H](C)C3)ccc(C(=O)Nc3nnc(-c4ccccc4)s3)c2n1. The number of benzene rings is 2. The van der Waals surface area contributed by atoms with Crippen molar-refractivity contribution >= 4 is 39.0 Å². The van der Waals surface area contributed by atoms with Crippen molar-refractivity contribution in [1.82, 2.24) is 25.5 Å². The lowest BCUT2D eigenvalue weighted by Crippen LogP contribution is -2.54. The van der Waals surface area contributed by atoms with Crippen molar-refractivity contribution in [2.24, 2.45) is 0 Å². The molecule has 2 atom stereocenters. The minimum atomic E-state index is -0.310. The summed E-state index contributed by atoms with van der Waals surface area (Å²) < 4.78 is 5.25. The lowest BCUT2D eigenvalue weighted by Gasteiger charge is -2.38. The Morgan fingerprint density at radius 2 is 1.88 bits per heavy atom. The summed E-state index contributed by atoms with van der Waals surface area (Å²) in [5.74, 6) is -0.310. The van der Waals surface area contributed by atoms with Crippen molar-refractivity contribution in [3.05, 3.63) is 54.2 Å². The number of ether oxygens (including phenoxy) is 1. The maximum atomic E-state index is 13.3. The Balaban J connectivity index is 1.48. The zero-order valence-corrected chi connectivity index (χ0v) is 20.0. The Labute approximate surface area is 201 Å². The van der Waals surface area contributed by atoms with Crippen LogP contribution in [0.15, 0.2) is 48.7 Å². The average Bonchev–Trinajstić information content (AvgIpc) is 3.31. The Kier molecular flexibility index (Phi) is 6.08. The van der Waals surface area contributed by atoms with Gasteiger partial charge in [-0.3, -0.25) is 10.1 Å². The number of aromatic nitrogens is 4. The number of anilines is 2. The van der Waals surface area contributed by atoms with Gasteiger partial charge in [-0.25, -0.2) is 4.98 Å². The summed E-state index contributed by atoms with van der Waals surface area (Å²) in [5, 5.41) is 16.7. The van der Waals surface area contributed by atoms with E-state index in [9.17, 15) is 4.79 Å². The first-order chi connectivity index (χ1) is 16.5. The van der Waals surface area contributed by atoms with Crippen LogP contribution in [0.5, 0.6) is 6.01 Å². The summed E-state index contributed by atoms with van der Waals surface area (Å²) in [7, 11) is 1.51. The average molecular weight is 476 g/mol. The van der Waals surface area contributed by atoms with Crippen molar-refractivity contribution in [2.75, 3.05) is 30.4 Å². The summed E-state index contributed by atoms with van der Waals surface area (Å²) in [6, 6.07) is 14.4. The zero-order chi connectivity index (χ0) is 23.7. The predicted molar refractivity (Wildman–Crippen MR) is 134 cm³/mol. The lowest BCUT2D eigenvalue weighted by molar-refractivity contribution is 0.102. The van der Waals surface area contributed by atoms with Crippen molar-refractivity contribution in [2.45, 2.75) is 25.9 Å². The molecule has 2 aromatic carbocycles. The Morgan fingerprint density at radius 3 is 2.62 bits per heavy atom. The first kappa shape index (κ1) is 22.2. The highest BCUT2D eigenvalue weighted by Crippen LogP contribution is 2.32. The van der Waals surface area contributed by atoms with Gasteiger partial charge in [-0.2, -0.15) is 4.98 Å². The van der Waals surface area contributed by atoms with Gasteiger partial charge in [-0.15, -0.1) is 10.2 Å². The molecular weight excluding hydrogens is 450 g/mol. The van der Waals surface area contributed by atoms with E-state index in [0.717, 1.165) is 34.7 Å². The molecule has 0 radical (unpaired) electrons. The molecule has 2 N–H and O–H groups in total. The van der Waals surface area contributed by atoms with Gasteiger partial charge < -0.3 is 15.0 Å². The van der Waals surface area contributed by atoms with Crippen molar-refractivity contribution < 1.29 is 9.53 Å². The summed E-state index contributed by atoms with van der Waals surface area (Å²) in [6.07, 6.45) is 1.73. The molecule has 1 aliphatic heterocycles. The number of piperazine rings is 1. The van der Waals surface area contributed by atoms with Gasteiger partial charge in [-0.1, -0.05) is 41.7 Å². The maximum absolute atomic E-state index is 13.3. The van der Waals surface area contributed by atoms with E-state index in [-0.39, 0.29) is 11.9 Å². The molecule has 0 saturated carbocycles. The van der Waals surface area contributed by atoms with Crippen molar-refractivity contribution in [3.63, 3.8) is 0 Å². The highest BCUT2D eigenvalue weighted by molar-refractivity contribution is 7.18. The van der Waals surface area contributed by atoms with E-state index in [1.165, 1.54) is 18.4 Å². The van der Waals surface area contributed by atoms with Crippen molar-refractivity contribution in [3.8, 4) is 16.6 Å². The van der Waals surface area contributed by atoms with Crippen LogP contribution in [-0.2, 0) is 0 Å². The normalized spacial score (nSPS) is 18.1. The molecule has 3 heterocycles. The Hall–Kier alpha value is -3.63. The molecule has 0 aliphatic carbocycles. The fraction of sp³-hybridized carbons (Fsp3) is 0.292. The van der Waals surface area contributed by atoms with Gasteiger partial charge in [0.05, 0.1) is 18.2 Å². The molecule has 9 nitrogen and oxygen atoms in total. The number of methoxy groups -OCH3 is 1. The number of rotatable bonds is 5. The van der Waals surface area contributed by atoms with Crippen LogP contribution >= 0.6 is 11.3 Å². The largest absolute Gasteiger partial charge is 0.467 e. The molecule has 4 aromatic rings. The third kappa shape index (κ3) is 4.42. The third-order valence-corrected chi connectivity index (χ3v) is 6.58. The van der Waals surface area contributed by atoms with Gasteiger partial charge in [-0.05, 0) is 26.0 Å². The molecule has 1 aliphatic rings. The van der Waals surface area contributed by atoms with Gasteiger partial charge in [0.2, 0.25) is 5.13 Å². The molecule has 0 bridgehead atoms. The van der Waals surface area contributed by atoms with Crippen LogP contribution in [0.25, 0.3) is 21.5 Å². The number of fused-ring (bicyclic) bond motifs is 1. The summed E-state index contributed by atoms with van der Waals surface area (Å²) in [5.41, 5.74) is 2.91. The van der Waals surface area contributed by atoms with Gasteiger partial charge >= 0.3 is 6.01 Å². The molecular formula is C24H25N7O2S. The van der Waals surface area contributed by atoms with Crippen LogP contribution in [0.4, 0.5) is 10.8 Å². The number of amides is 1. The van der Waals surface area contributed by atoms with E-state index >= 15 is 0 Å². The molecule has 1 amide bonds. The Morgan fingerprint density at radius 1 is 1.12 bits per heavy atom. The summed E-state index contributed by atoms with van der Waals surface area (Å²) in [4.78, 5) is 24.4. The second-order valence-corrected chi connectivity index (χ2v) is 9.34. The molecule has 1 saturated heterocycles. The van der Waals surface area contributed by atoms with E-state index in [0.29, 0.717) is 28.3 Å². The minimum Gasteiger partial charge on any atom is -0.467 e. The monoisotopic (exact) mass is 475 g/mol. The summed E-state index contributed by atoms with van der Waals surface area (Å²) in [6.45, 7) is 6.03. The fourth-order valence-corrected chi connectivity index (χ4v) is 5.05. The van der Waals surface area contributed by atoms with Crippen LogP contribution in [-0.4, -0.2) is 58.4 Å². The summed E-state index contributed by atoms with van der Waals surface area (Å²) >= 11 is 1.32. The maximum Gasteiger partial charge on any atom is 0.316 e. The van der Waals surface area contributed by atoms with Crippen LogP contribution in [0.2, 0.25) is 0 Å². The zero-order valence-electron chi connectivity index (χ0n) is 19.1. The van der Waals surface area contributed by atoms with Crippen molar-refractivity contribution in [1.29, 1.82) is 0 Å². The second kappa shape index (κ2) is 9.32. The molecule has 1 fully saturated rings. The number of carbonyl (C=O) groups excluding carboxylic acids is 1. The molecule has 0 spiro atoms. The minimum absolute atomic E-state index is 0.211.